The zero-order chi connectivity index (χ0) is 16.1. The largest absolute Gasteiger partial charge is 0.290 e. The maximum Gasteiger partial charge on any atom is 0.0508 e. The van der Waals surface area contributed by atoms with Gasteiger partial charge in [0.25, 0.3) is 0 Å². The number of nitrogens with zero attached hydrogens (tertiary/aromatic N) is 1. The van der Waals surface area contributed by atoms with Gasteiger partial charge in [-0.3, -0.25) is 4.99 Å². The standard InChI is InChI=1S/C20H37N/c1-7-11-19(9-3)16-21-18(6)15-20(12-8-2)14-10-13-17(4)5/h9,14,16-18H,7-8,10-13,15H2,1-6H3/b19-9-,20-14+,21-16?. The van der Waals surface area contributed by atoms with Crippen LogP contribution in [0.2, 0.25) is 0 Å². The number of hydrogen-bond acceptors (Lipinski definition) is 1. The Labute approximate surface area is 133 Å². The van der Waals surface area contributed by atoms with Crippen LogP contribution < -0.4 is 0 Å². The minimum Gasteiger partial charge on any atom is -0.290 e. The van der Waals surface area contributed by atoms with E-state index in [4.69, 9.17) is 4.99 Å². The third kappa shape index (κ3) is 11.5. The maximum atomic E-state index is 4.75. The summed E-state index contributed by atoms with van der Waals surface area (Å²) in [5.41, 5.74) is 2.96. The topological polar surface area (TPSA) is 12.4 Å². The summed E-state index contributed by atoms with van der Waals surface area (Å²) in [5, 5.41) is 0. The lowest BCUT2D eigenvalue weighted by Gasteiger charge is -2.11. The average molecular weight is 292 g/mol. The number of hydrogen-bond donors (Lipinski definition) is 0. The zero-order valence-electron chi connectivity index (χ0n) is 15.3. The number of allylic oxidation sites excluding steroid dienone is 3. The molecule has 0 aliphatic heterocycles. The Morgan fingerprint density at radius 1 is 1.05 bits per heavy atom. The van der Waals surface area contributed by atoms with Gasteiger partial charge >= 0.3 is 0 Å². The summed E-state index contributed by atoms with van der Waals surface area (Å²) < 4.78 is 0. The van der Waals surface area contributed by atoms with Crippen molar-refractivity contribution in [3.8, 4) is 0 Å². The van der Waals surface area contributed by atoms with E-state index >= 15 is 0 Å². The molecule has 0 bridgehead atoms. The van der Waals surface area contributed by atoms with E-state index in [-0.39, 0.29) is 0 Å². The van der Waals surface area contributed by atoms with Gasteiger partial charge in [0.15, 0.2) is 0 Å². The second kappa shape index (κ2) is 12.9. The second-order valence-electron chi connectivity index (χ2n) is 6.53. The second-order valence-corrected chi connectivity index (χ2v) is 6.53. The van der Waals surface area contributed by atoms with Gasteiger partial charge in [-0.1, -0.05) is 58.3 Å². The predicted molar refractivity (Wildman–Crippen MR) is 98.3 cm³/mol. The fourth-order valence-electron chi connectivity index (χ4n) is 2.46. The van der Waals surface area contributed by atoms with Crippen LogP contribution in [0.3, 0.4) is 0 Å². The van der Waals surface area contributed by atoms with Crippen molar-refractivity contribution in [2.75, 3.05) is 0 Å². The minimum atomic E-state index is 0.397. The van der Waals surface area contributed by atoms with Crippen molar-refractivity contribution in [2.45, 2.75) is 92.5 Å². The molecular formula is C20H37N. The third-order valence-electron chi connectivity index (χ3n) is 3.71. The lowest BCUT2D eigenvalue weighted by molar-refractivity contribution is 0.590. The molecule has 1 nitrogen and oxygen atoms in total. The van der Waals surface area contributed by atoms with Gasteiger partial charge in [0.2, 0.25) is 0 Å². The first-order valence-corrected chi connectivity index (χ1v) is 8.89. The Hall–Kier alpha value is -0.850. The van der Waals surface area contributed by atoms with Crippen LogP contribution in [0, 0.1) is 5.92 Å². The molecule has 0 saturated heterocycles. The summed E-state index contributed by atoms with van der Waals surface area (Å²) in [6.07, 6.45) is 15.2. The van der Waals surface area contributed by atoms with Gasteiger partial charge in [0, 0.05) is 6.21 Å². The fraction of sp³-hybridized carbons (Fsp3) is 0.750. The molecule has 0 aliphatic carbocycles. The van der Waals surface area contributed by atoms with Crippen LogP contribution in [-0.4, -0.2) is 12.3 Å². The maximum absolute atomic E-state index is 4.75. The summed E-state index contributed by atoms with van der Waals surface area (Å²) in [4.78, 5) is 4.75. The molecule has 0 N–H and O–H groups in total. The fourth-order valence-corrected chi connectivity index (χ4v) is 2.46. The van der Waals surface area contributed by atoms with Crippen LogP contribution in [0.1, 0.15) is 86.5 Å². The van der Waals surface area contributed by atoms with Crippen LogP contribution in [-0.2, 0) is 0 Å². The molecule has 1 unspecified atom stereocenters. The van der Waals surface area contributed by atoms with Crippen molar-refractivity contribution >= 4 is 6.21 Å². The van der Waals surface area contributed by atoms with E-state index in [2.05, 4.69) is 59.9 Å². The molecular weight excluding hydrogens is 254 g/mol. The van der Waals surface area contributed by atoms with Gasteiger partial charge in [-0.25, -0.2) is 0 Å². The third-order valence-corrected chi connectivity index (χ3v) is 3.71. The molecule has 122 valence electrons. The van der Waals surface area contributed by atoms with Crippen molar-refractivity contribution < 1.29 is 0 Å². The van der Waals surface area contributed by atoms with Crippen molar-refractivity contribution in [1.82, 2.24) is 0 Å². The summed E-state index contributed by atoms with van der Waals surface area (Å²) in [6, 6.07) is 0.397. The van der Waals surface area contributed by atoms with Crippen molar-refractivity contribution in [2.24, 2.45) is 10.9 Å². The first kappa shape index (κ1) is 20.1. The van der Waals surface area contributed by atoms with Crippen molar-refractivity contribution in [1.29, 1.82) is 0 Å². The van der Waals surface area contributed by atoms with E-state index in [0.29, 0.717) is 6.04 Å². The highest BCUT2D eigenvalue weighted by atomic mass is 14.7. The molecule has 21 heavy (non-hydrogen) atoms. The first-order chi connectivity index (χ1) is 10.0. The molecule has 0 amide bonds. The molecule has 0 rings (SSSR count). The summed E-state index contributed by atoms with van der Waals surface area (Å²) in [7, 11) is 0. The van der Waals surface area contributed by atoms with E-state index in [0.717, 1.165) is 18.8 Å². The Bertz CT molecular complexity index is 334. The Balaban J connectivity index is 4.45. The van der Waals surface area contributed by atoms with E-state index < -0.39 is 0 Å². The van der Waals surface area contributed by atoms with Crippen LogP contribution in [0.15, 0.2) is 28.3 Å². The van der Waals surface area contributed by atoms with Crippen LogP contribution in [0.5, 0.6) is 0 Å². The van der Waals surface area contributed by atoms with Gasteiger partial charge in [-0.2, -0.15) is 0 Å². The molecule has 0 heterocycles. The highest BCUT2D eigenvalue weighted by Crippen LogP contribution is 2.17. The first-order valence-electron chi connectivity index (χ1n) is 8.89. The van der Waals surface area contributed by atoms with E-state index in [9.17, 15) is 0 Å². The number of aliphatic imine (C=N–C) groups is 1. The normalized spacial score (nSPS) is 15.2. The predicted octanol–water partition coefficient (Wildman–Crippen LogP) is 6.74. The van der Waals surface area contributed by atoms with Gasteiger partial charge in [0.05, 0.1) is 6.04 Å². The van der Waals surface area contributed by atoms with E-state index in [1.807, 2.05) is 0 Å². The lowest BCUT2D eigenvalue weighted by Crippen LogP contribution is -2.02. The molecule has 0 aromatic carbocycles. The Kier molecular flexibility index (Phi) is 12.3. The average Bonchev–Trinajstić information content (AvgIpc) is 2.43. The molecule has 0 aliphatic rings. The van der Waals surface area contributed by atoms with Gasteiger partial charge in [-0.15, -0.1) is 0 Å². The van der Waals surface area contributed by atoms with E-state index in [1.54, 1.807) is 5.57 Å². The van der Waals surface area contributed by atoms with Gasteiger partial charge < -0.3 is 0 Å². The Morgan fingerprint density at radius 3 is 2.24 bits per heavy atom. The van der Waals surface area contributed by atoms with Crippen molar-refractivity contribution in [3.05, 3.63) is 23.3 Å². The van der Waals surface area contributed by atoms with Crippen LogP contribution in [0.4, 0.5) is 0 Å². The quantitative estimate of drug-likeness (QED) is 0.295. The SMILES string of the molecule is C/C=C(\C=NC(C)C/C(=C/CCC(C)C)CCC)CCC. The molecule has 0 saturated carbocycles. The molecule has 0 aromatic rings. The monoisotopic (exact) mass is 291 g/mol. The van der Waals surface area contributed by atoms with Gasteiger partial charge in [-0.05, 0) is 57.4 Å². The van der Waals surface area contributed by atoms with Crippen LogP contribution >= 0.6 is 0 Å². The molecule has 1 heteroatoms. The van der Waals surface area contributed by atoms with Crippen molar-refractivity contribution in [3.63, 3.8) is 0 Å². The summed E-state index contributed by atoms with van der Waals surface area (Å²) >= 11 is 0. The minimum absolute atomic E-state index is 0.397. The van der Waals surface area contributed by atoms with Crippen LogP contribution in [0.25, 0.3) is 0 Å². The molecule has 0 radical (unpaired) electrons. The molecule has 0 aromatic heterocycles. The summed E-state index contributed by atoms with van der Waals surface area (Å²) in [5.74, 6) is 0.797. The Morgan fingerprint density at radius 2 is 1.71 bits per heavy atom. The lowest BCUT2D eigenvalue weighted by atomic mass is 9.99. The molecule has 1 atom stereocenters. The zero-order valence-corrected chi connectivity index (χ0v) is 15.3. The van der Waals surface area contributed by atoms with Gasteiger partial charge in [0.1, 0.15) is 0 Å². The highest BCUT2D eigenvalue weighted by molar-refractivity contribution is 5.78. The molecule has 0 fully saturated rings. The smallest absolute Gasteiger partial charge is 0.0508 e. The highest BCUT2D eigenvalue weighted by Gasteiger charge is 2.04. The summed E-state index contributed by atoms with van der Waals surface area (Å²) in [6.45, 7) is 13.4. The number of rotatable bonds is 11. The molecule has 0 spiro atoms. The van der Waals surface area contributed by atoms with E-state index in [1.165, 1.54) is 37.7 Å².